The van der Waals surface area contributed by atoms with Crippen LogP contribution in [0.5, 0.6) is 0 Å². The number of carbonyl (C=O) groups excluding carboxylic acids is 6. The molecule has 6 amide bonds. The third kappa shape index (κ3) is 49.4. The highest BCUT2D eigenvalue weighted by molar-refractivity contribution is 8.76. The Kier molecular flexibility index (Phi) is 53.1. The molecule has 0 aromatic rings. The van der Waals surface area contributed by atoms with Crippen LogP contribution in [0.15, 0.2) is 50.6 Å². The summed E-state index contributed by atoms with van der Waals surface area (Å²) in [6.45, 7) is 17.1. The lowest BCUT2D eigenvalue weighted by molar-refractivity contribution is -0.129. The van der Waals surface area contributed by atoms with Crippen molar-refractivity contribution >= 4 is 57.0 Å². The second kappa shape index (κ2) is 55.7. The summed E-state index contributed by atoms with van der Waals surface area (Å²) in [6.07, 6.45) is 43.9. The first-order valence-electron chi connectivity index (χ1n) is 29.5. The van der Waals surface area contributed by atoms with Gasteiger partial charge < -0.3 is 31.9 Å². The number of nitrogens with one attached hydrogen (secondary N) is 6. The van der Waals surface area contributed by atoms with Crippen LogP contribution < -0.4 is 31.9 Å². The van der Waals surface area contributed by atoms with Gasteiger partial charge in [0.15, 0.2) is 0 Å². The van der Waals surface area contributed by atoms with Crippen molar-refractivity contribution in [2.45, 2.75) is 256 Å². The Balaban J connectivity index is 4.88. The van der Waals surface area contributed by atoms with Gasteiger partial charge in [0, 0.05) is 63.4 Å². The SMILES string of the molecule is C=CCCCCCCCCC(=O)NCCCC[C@H](NC(=O)CCCCCCCCC=C)C(=O)NCCSSCCNC(=O)[C@H](CCCCNC(=O)CCCCCCCCC=C)NC(=O)CCCCCCCCC=C. The van der Waals surface area contributed by atoms with Gasteiger partial charge in [-0.3, -0.25) is 28.8 Å². The first kappa shape index (κ1) is 70.5. The summed E-state index contributed by atoms with van der Waals surface area (Å²) >= 11 is 0. The maximum Gasteiger partial charge on any atom is 0.242 e. The van der Waals surface area contributed by atoms with Crippen LogP contribution in [0.3, 0.4) is 0 Å². The molecule has 0 aliphatic rings. The molecule has 0 aromatic carbocycles. The van der Waals surface area contributed by atoms with Crippen LogP contribution in [-0.4, -0.2) is 85.2 Å². The van der Waals surface area contributed by atoms with Gasteiger partial charge >= 0.3 is 0 Å². The van der Waals surface area contributed by atoms with Crippen molar-refractivity contribution in [2.75, 3.05) is 37.7 Å². The highest BCUT2D eigenvalue weighted by atomic mass is 33.1. The van der Waals surface area contributed by atoms with E-state index in [4.69, 9.17) is 0 Å². The van der Waals surface area contributed by atoms with Crippen LogP contribution in [0.2, 0.25) is 0 Å². The fourth-order valence-electron chi connectivity index (χ4n) is 8.57. The minimum atomic E-state index is -0.636. The normalized spacial score (nSPS) is 11.7. The van der Waals surface area contributed by atoms with E-state index in [9.17, 15) is 28.8 Å². The lowest BCUT2D eigenvalue weighted by Gasteiger charge is -2.19. The molecule has 426 valence electrons. The van der Waals surface area contributed by atoms with Gasteiger partial charge in [-0.2, -0.15) is 0 Å². The lowest BCUT2D eigenvalue weighted by Crippen LogP contribution is -2.47. The quantitative estimate of drug-likeness (QED) is 0.0198. The zero-order valence-electron chi connectivity index (χ0n) is 46.7. The van der Waals surface area contributed by atoms with Gasteiger partial charge in [-0.1, -0.05) is 149 Å². The van der Waals surface area contributed by atoms with E-state index in [0.717, 1.165) is 141 Å². The number of amides is 6. The van der Waals surface area contributed by atoms with Gasteiger partial charge in [0.1, 0.15) is 12.1 Å². The van der Waals surface area contributed by atoms with E-state index >= 15 is 0 Å². The van der Waals surface area contributed by atoms with Crippen molar-refractivity contribution in [3.63, 3.8) is 0 Å². The predicted octanol–water partition coefficient (Wildman–Crippen LogP) is 13.4. The molecule has 0 spiro atoms. The summed E-state index contributed by atoms with van der Waals surface area (Å²) in [5.74, 6) is 0.843. The standard InChI is InChI=1S/C60H108N6O6S2/c1-5-9-13-17-21-25-29-33-43-55(67)61-47-39-37-41-53(65-57(69)45-35-31-27-23-19-15-11-7-3)59(71)63-49-51-73-74-52-50-64-60(72)54(66-58(70)46-36-32-28-24-20-16-12-8-4)42-38-40-48-62-56(68)44-34-30-26-22-18-14-10-6-2/h5-8,53-54H,1-4,9-52H2,(H,61,67)(H,62,68)(H,63,71)(H,64,72)(H,65,69)(H,66,70)/t53-,54-/m0/s1. The van der Waals surface area contributed by atoms with Crippen LogP contribution in [-0.2, 0) is 28.8 Å². The van der Waals surface area contributed by atoms with E-state index < -0.39 is 12.1 Å². The highest BCUT2D eigenvalue weighted by Gasteiger charge is 2.22. The van der Waals surface area contributed by atoms with E-state index in [-0.39, 0.29) is 35.4 Å². The Bertz CT molecular complexity index is 1360. The molecule has 74 heavy (non-hydrogen) atoms. The third-order valence-corrected chi connectivity index (χ3v) is 15.5. The molecule has 2 atom stereocenters. The molecule has 6 N–H and O–H groups in total. The van der Waals surface area contributed by atoms with Crippen molar-refractivity contribution in [2.24, 2.45) is 0 Å². The van der Waals surface area contributed by atoms with E-state index in [1.165, 1.54) is 51.4 Å². The van der Waals surface area contributed by atoms with Gasteiger partial charge in [0.2, 0.25) is 35.4 Å². The topological polar surface area (TPSA) is 175 Å². The average molecular weight is 1070 g/mol. The van der Waals surface area contributed by atoms with Gasteiger partial charge in [-0.25, -0.2) is 0 Å². The number of hydrogen-bond acceptors (Lipinski definition) is 8. The number of rotatable bonds is 57. The molecule has 0 fully saturated rings. The maximum atomic E-state index is 13.4. The Hall–Kier alpha value is -3.52. The van der Waals surface area contributed by atoms with Gasteiger partial charge in [0.05, 0.1) is 0 Å². The second-order valence-electron chi connectivity index (χ2n) is 20.0. The molecule has 0 aliphatic carbocycles. The minimum Gasteiger partial charge on any atom is -0.356 e. The fraction of sp³-hybridized carbons (Fsp3) is 0.767. The Morgan fingerprint density at radius 3 is 0.878 bits per heavy atom. The molecule has 0 radical (unpaired) electrons. The van der Waals surface area contributed by atoms with E-state index in [0.29, 0.717) is 89.1 Å². The molecule has 0 rings (SSSR count). The van der Waals surface area contributed by atoms with Crippen LogP contribution in [0, 0.1) is 0 Å². The molecule has 14 heteroatoms. The maximum absolute atomic E-state index is 13.4. The van der Waals surface area contributed by atoms with Crippen LogP contribution in [0.1, 0.15) is 244 Å². The van der Waals surface area contributed by atoms with Gasteiger partial charge in [-0.15, -0.1) is 26.3 Å². The number of allylic oxidation sites excluding steroid dienone is 4. The van der Waals surface area contributed by atoms with E-state index in [1.807, 2.05) is 24.3 Å². The van der Waals surface area contributed by atoms with Crippen LogP contribution in [0.4, 0.5) is 0 Å². The number of hydrogen-bond donors (Lipinski definition) is 6. The molecule has 0 heterocycles. The highest BCUT2D eigenvalue weighted by Crippen LogP contribution is 2.20. The smallest absolute Gasteiger partial charge is 0.242 e. The summed E-state index contributed by atoms with van der Waals surface area (Å²) in [7, 11) is 3.21. The first-order valence-corrected chi connectivity index (χ1v) is 32.0. The fourth-order valence-corrected chi connectivity index (χ4v) is 10.4. The number of unbranched alkanes of at least 4 members (excludes halogenated alkanes) is 26. The molecular weight excluding hydrogens is 965 g/mol. The second-order valence-corrected chi connectivity index (χ2v) is 22.7. The van der Waals surface area contributed by atoms with Gasteiger partial charge in [0.25, 0.3) is 0 Å². The van der Waals surface area contributed by atoms with Crippen molar-refractivity contribution in [1.82, 2.24) is 31.9 Å². The van der Waals surface area contributed by atoms with Crippen molar-refractivity contribution in [3.05, 3.63) is 50.6 Å². The minimum absolute atomic E-state index is 0.0700. The molecule has 0 unspecified atom stereocenters. The largest absolute Gasteiger partial charge is 0.356 e. The Labute approximate surface area is 459 Å². The van der Waals surface area contributed by atoms with E-state index in [1.54, 1.807) is 21.6 Å². The molecule has 0 aliphatic heterocycles. The number of carbonyl (C=O) groups is 6. The van der Waals surface area contributed by atoms with Crippen molar-refractivity contribution < 1.29 is 28.8 Å². The van der Waals surface area contributed by atoms with Crippen molar-refractivity contribution in [1.29, 1.82) is 0 Å². The monoisotopic (exact) mass is 1070 g/mol. The van der Waals surface area contributed by atoms with Crippen LogP contribution in [0.25, 0.3) is 0 Å². The predicted molar refractivity (Wildman–Crippen MR) is 317 cm³/mol. The third-order valence-electron chi connectivity index (χ3n) is 13.1. The van der Waals surface area contributed by atoms with Gasteiger partial charge in [-0.05, 0) is 116 Å². The zero-order valence-corrected chi connectivity index (χ0v) is 48.3. The molecule has 0 saturated heterocycles. The Morgan fingerprint density at radius 2 is 0.581 bits per heavy atom. The zero-order chi connectivity index (χ0) is 54.2. The summed E-state index contributed by atoms with van der Waals surface area (Å²) in [5.41, 5.74) is 0. The molecule has 12 nitrogen and oxygen atoms in total. The summed E-state index contributed by atoms with van der Waals surface area (Å²) < 4.78 is 0. The van der Waals surface area contributed by atoms with Crippen LogP contribution >= 0.6 is 21.6 Å². The summed E-state index contributed by atoms with van der Waals surface area (Å²) in [6, 6.07) is -1.27. The average Bonchev–Trinajstić information content (AvgIpc) is 3.39. The molecule has 0 aromatic heterocycles. The van der Waals surface area contributed by atoms with Crippen molar-refractivity contribution in [3.8, 4) is 0 Å². The molecular formula is C60H108N6O6S2. The lowest BCUT2D eigenvalue weighted by atomic mass is 10.1. The summed E-state index contributed by atoms with van der Waals surface area (Å²) in [5, 5.41) is 18.1. The summed E-state index contributed by atoms with van der Waals surface area (Å²) in [4.78, 5) is 77.5. The molecule has 0 saturated carbocycles. The molecule has 0 bridgehead atoms. The Morgan fingerprint density at radius 1 is 0.311 bits per heavy atom. The first-order chi connectivity index (χ1) is 36.2. The van der Waals surface area contributed by atoms with E-state index in [2.05, 4.69) is 58.2 Å².